The fourth-order valence-electron chi connectivity index (χ4n) is 1.92. The zero-order valence-electron chi connectivity index (χ0n) is 12.0. The zero-order chi connectivity index (χ0) is 14.5. The lowest BCUT2D eigenvalue weighted by Gasteiger charge is -2.14. The molecule has 0 unspecified atom stereocenters. The summed E-state index contributed by atoms with van der Waals surface area (Å²) in [6.45, 7) is 0.792. The summed E-state index contributed by atoms with van der Waals surface area (Å²) in [6, 6.07) is 13.5. The molecule has 0 spiro atoms. The Balaban J connectivity index is 2.27. The van der Waals surface area contributed by atoms with Gasteiger partial charge in [-0.2, -0.15) is 0 Å². The van der Waals surface area contributed by atoms with Crippen LogP contribution in [0.4, 0.5) is 0 Å². The van der Waals surface area contributed by atoms with E-state index in [9.17, 15) is 5.11 Å². The minimum Gasteiger partial charge on any atom is -0.508 e. The van der Waals surface area contributed by atoms with Crippen molar-refractivity contribution in [3.63, 3.8) is 0 Å². The lowest BCUT2D eigenvalue weighted by Crippen LogP contribution is -2.11. The second-order valence-electron chi connectivity index (χ2n) is 4.81. The first-order chi connectivity index (χ1) is 9.58. The number of hydrogen-bond donors (Lipinski definition) is 1. The van der Waals surface area contributed by atoms with Crippen molar-refractivity contribution in [3.05, 3.63) is 48.0 Å². The molecule has 4 heteroatoms. The summed E-state index contributed by atoms with van der Waals surface area (Å²) < 4.78 is 5.24. The van der Waals surface area contributed by atoms with Gasteiger partial charge < -0.3 is 14.7 Å². The topological polar surface area (TPSA) is 32.7 Å². The first kappa shape index (κ1) is 14.8. The molecule has 3 nitrogen and oxygen atoms in total. The van der Waals surface area contributed by atoms with Gasteiger partial charge in [-0.1, -0.05) is 17.8 Å². The van der Waals surface area contributed by atoms with Gasteiger partial charge in [0.05, 0.1) is 7.11 Å². The number of hydrogen-bond acceptors (Lipinski definition) is 4. The maximum absolute atomic E-state index is 9.65. The number of benzene rings is 2. The largest absolute Gasteiger partial charge is 0.508 e. The van der Waals surface area contributed by atoms with E-state index in [0.29, 0.717) is 5.75 Å². The van der Waals surface area contributed by atoms with E-state index in [1.807, 2.05) is 44.4 Å². The van der Waals surface area contributed by atoms with Gasteiger partial charge >= 0.3 is 0 Å². The van der Waals surface area contributed by atoms with Gasteiger partial charge in [-0.3, -0.25) is 0 Å². The van der Waals surface area contributed by atoms with Gasteiger partial charge in [0.25, 0.3) is 0 Å². The predicted molar refractivity (Wildman–Crippen MR) is 82.6 cm³/mol. The highest BCUT2D eigenvalue weighted by Gasteiger charge is 2.07. The van der Waals surface area contributed by atoms with E-state index in [2.05, 4.69) is 11.0 Å². The molecule has 0 aromatic heterocycles. The van der Waals surface area contributed by atoms with Gasteiger partial charge in [0.1, 0.15) is 11.5 Å². The summed E-state index contributed by atoms with van der Waals surface area (Å²) in [5.74, 6) is 1.15. The second-order valence-corrected chi connectivity index (χ2v) is 5.93. The van der Waals surface area contributed by atoms with Gasteiger partial charge in [-0.15, -0.1) is 0 Å². The molecule has 0 aliphatic rings. The Morgan fingerprint density at radius 2 is 1.95 bits per heavy atom. The number of ether oxygens (including phenoxy) is 1. The number of aromatic hydroxyl groups is 1. The molecule has 0 radical (unpaired) electrons. The molecule has 0 bridgehead atoms. The van der Waals surface area contributed by atoms with Crippen molar-refractivity contribution in [2.24, 2.45) is 0 Å². The fraction of sp³-hybridized carbons (Fsp3) is 0.250. The summed E-state index contributed by atoms with van der Waals surface area (Å²) in [4.78, 5) is 4.35. The first-order valence-corrected chi connectivity index (χ1v) is 7.18. The average Bonchev–Trinajstić information content (AvgIpc) is 2.41. The van der Waals surface area contributed by atoms with E-state index in [-0.39, 0.29) is 0 Å². The first-order valence-electron chi connectivity index (χ1n) is 6.37. The Kier molecular flexibility index (Phi) is 4.93. The molecule has 0 atom stereocenters. The standard InChI is InChI=1S/C16H19NO2S/c1-17(2)11-12-9-13(18)7-8-16(12)20-15-6-4-5-14(10-15)19-3/h4-10,18H,11H2,1-3H3. The highest BCUT2D eigenvalue weighted by molar-refractivity contribution is 7.99. The van der Waals surface area contributed by atoms with Gasteiger partial charge in [0.15, 0.2) is 0 Å². The van der Waals surface area contributed by atoms with E-state index in [1.54, 1.807) is 24.9 Å². The van der Waals surface area contributed by atoms with Gasteiger partial charge in [0.2, 0.25) is 0 Å². The zero-order valence-corrected chi connectivity index (χ0v) is 12.8. The van der Waals surface area contributed by atoms with Gasteiger partial charge in [-0.25, -0.2) is 0 Å². The molecule has 2 rings (SSSR count). The van der Waals surface area contributed by atoms with Crippen molar-refractivity contribution in [1.82, 2.24) is 4.90 Å². The van der Waals surface area contributed by atoms with Gasteiger partial charge in [0, 0.05) is 16.3 Å². The van der Waals surface area contributed by atoms with Crippen LogP contribution in [0, 0.1) is 0 Å². The van der Waals surface area contributed by atoms with Crippen LogP contribution in [0.15, 0.2) is 52.3 Å². The molecule has 20 heavy (non-hydrogen) atoms. The number of phenolic OH excluding ortho intramolecular Hbond substituents is 1. The molecule has 0 fully saturated rings. The van der Waals surface area contributed by atoms with E-state index in [1.165, 1.54) is 0 Å². The Morgan fingerprint density at radius 1 is 1.15 bits per heavy atom. The Morgan fingerprint density at radius 3 is 2.65 bits per heavy atom. The number of phenols is 1. The summed E-state index contributed by atoms with van der Waals surface area (Å²) >= 11 is 1.68. The van der Waals surface area contributed by atoms with Crippen LogP contribution in [-0.4, -0.2) is 31.2 Å². The van der Waals surface area contributed by atoms with Crippen LogP contribution in [0.3, 0.4) is 0 Å². The van der Waals surface area contributed by atoms with Crippen molar-refractivity contribution in [2.45, 2.75) is 16.3 Å². The lowest BCUT2D eigenvalue weighted by molar-refractivity contribution is 0.397. The summed E-state index contributed by atoms with van der Waals surface area (Å²) in [6.07, 6.45) is 0. The Labute approximate surface area is 124 Å². The summed E-state index contributed by atoms with van der Waals surface area (Å²) in [5.41, 5.74) is 1.11. The van der Waals surface area contributed by atoms with Crippen molar-refractivity contribution >= 4 is 11.8 Å². The maximum atomic E-state index is 9.65. The molecule has 2 aromatic carbocycles. The molecular formula is C16H19NO2S. The molecule has 0 saturated heterocycles. The fourth-order valence-corrected chi connectivity index (χ4v) is 2.89. The Hall–Kier alpha value is -1.65. The maximum Gasteiger partial charge on any atom is 0.119 e. The molecule has 1 N–H and O–H groups in total. The van der Waals surface area contributed by atoms with Crippen LogP contribution in [0.1, 0.15) is 5.56 Å². The van der Waals surface area contributed by atoms with Crippen molar-refractivity contribution in [1.29, 1.82) is 0 Å². The number of methoxy groups -OCH3 is 1. The van der Waals surface area contributed by atoms with E-state index >= 15 is 0 Å². The number of nitrogens with zero attached hydrogens (tertiary/aromatic N) is 1. The second kappa shape index (κ2) is 6.68. The lowest BCUT2D eigenvalue weighted by atomic mass is 10.2. The van der Waals surface area contributed by atoms with Crippen LogP contribution >= 0.6 is 11.8 Å². The molecule has 0 aliphatic heterocycles. The molecule has 0 aliphatic carbocycles. The molecule has 0 amide bonds. The van der Waals surface area contributed by atoms with Crippen LogP contribution in [0.25, 0.3) is 0 Å². The Bertz CT molecular complexity index is 584. The monoisotopic (exact) mass is 289 g/mol. The van der Waals surface area contributed by atoms with Gasteiger partial charge in [-0.05, 0) is 56.1 Å². The normalized spacial score (nSPS) is 10.8. The molecule has 106 valence electrons. The van der Waals surface area contributed by atoms with Crippen LogP contribution in [0.2, 0.25) is 0 Å². The SMILES string of the molecule is COc1cccc(Sc2ccc(O)cc2CN(C)C)c1. The van der Waals surface area contributed by atoms with Crippen LogP contribution in [-0.2, 0) is 6.54 Å². The van der Waals surface area contributed by atoms with Crippen molar-refractivity contribution in [3.8, 4) is 11.5 Å². The third-order valence-electron chi connectivity index (χ3n) is 2.80. The molecule has 0 saturated carbocycles. The van der Waals surface area contributed by atoms with Crippen LogP contribution in [0.5, 0.6) is 11.5 Å². The van der Waals surface area contributed by atoms with E-state index in [0.717, 1.165) is 27.6 Å². The molecular weight excluding hydrogens is 270 g/mol. The summed E-state index contributed by atoms with van der Waals surface area (Å²) in [7, 11) is 5.70. The summed E-state index contributed by atoms with van der Waals surface area (Å²) in [5, 5.41) is 9.65. The molecule has 2 aromatic rings. The quantitative estimate of drug-likeness (QED) is 0.911. The number of rotatable bonds is 5. The minimum atomic E-state index is 0.303. The molecule has 0 heterocycles. The average molecular weight is 289 g/mol. The smallest absolute Gasteiger partial charge is 0.119 e. The predicted octanol–water partition coefficient (Wildman–Crippen LogP) is 3.61. The highest BCUT2D eigenvalue weighted by atomic mass is 32.2. The third kappa shape index (κ3) is 3.92. The van der Waals surface area contributed by atoms with E-state index in [4.69, 9.17) is 4.74 Å². The van der Waals surface area contributed by atoms with Crippen molar-refractivity contribution < 1.29 is 9.84 Å². The van der Waals surface area contributed by atoms with Crippen molar-refractivity contribution in [2.75, 3.05) is 21.2 Å². The third-order valence-corrected chi connectivity index (χ3v) is 3.91. The van der Waals surface area contributed by atoms with E-state index < -0.39 is 0 Å². The van der Waals surface area contributed by atoms with Crippen LogP contribution < -0.4 is 4.74 Å². The minimum absolute atomic E-state index is 0.303. The highest BCUT2D eigenvalue weighted by Crippen LogP contribution is 2.34.